The van der Waals surface area contributed by atoms with Gasteiger partial charge in [-0.15, -0.1) is 0 Å². The monoisotopic (exact) mass is 290 g/mol. The van der Waals surface area contributed by atoms with E-state index < -0.39 is 7.38 Å². The molecule has 0 aromatic rings. The van der Waals surface area contributed by atoms with E-state index in [1.54, 1.807) is 0 Å². The summed E-state index contributed by atoms with van der Waals surface area (Å²) >= 11 is 6.89. The molecule has 2 heteroatoms. The van der Waals surface area contributed by atoms with Crippen molar-refractivity contribution in [3.63, 3.8) is 0 Å². The van der Waals surface area contributed by atoms with Gasteiger partial charge >= 0.3 is 0 Å². The topological polar surface area (TPSA) is 0 Å². The van der Waals surface area contributed by atoms with Crippen molar-refractivity contribution in [2.75, 3.05) is 0 Å². The van der Waals surface area contributed by atoms with Gasteiger partial charge in [-0.2, -0.15) is 11.1 Å². The fourth-order valence-corrected chi connectivity index (χ4v) is 6.10. The van der Waals surface area contributed by atoms with Crippen molar-refractivity contribution in [2.24, 2.45) is 0 Å². The maximum atomic E-state index is 6.89. The SMILES string of the molecule is CCCCCCC[Si](Cl)(CC)CCCCCCC. The molecule has 0 saturated carbocycles. The Kier molecular flexibility index (Phi) is 12.9. The van der Waals surface area contributed by atoms with Crippen LogP contribution in [0.5, 0.6) is 0 Å². The molecular weight excluding hydrogens is 256 g/mol. The van der Waals surface area contributed by atoms with Gasteiger partial charge in [-0.25, -0.2) is 0 Å². The lowest BCUT2D eigenvalue weighted by molar-refractivity contribution is 0.643. The van der Waals surface area contributed by atoms with Crippen molar-refractivity contribution < 1.29 is 0 Å². The molecule has 0 heterocycles. The quantitative estimate of drug-likeness (QED) is 0.192. The van der Waals surface area contributed by atoms with Gasteiger partial charge in [0.15, 0.2) is 7.38 Å². The van der Waals surface area contributed by atoms with Gasteiger partial charge in [0.1, 0.15) is 0 Å². The molecule has 110 valence electrons. The van der Waals surface area contributed by atoms with Gasteiger partial charge in [0.2, 0.25) is 0 Å². The second kappa shape index (κ2) is 12.5. The van der Waals surface area contributed by atoms with E-state index in [4.69, 9.17) is 11.1 Å². The predicted octanol–water partition coefficient (Wildman–Crippen LogP) is 7.13. The third-order valence-corrected chi connectivity index (χ3v) is 9.79. The maximum Gasteiger partial charge on any atom is 0.156 e. The largest absolute Gasteiger partial charge is 0.167 e. The first-order valence-corrected chi connectivity index (χ1v) is 12.0. The third-order valence-electron chi connectivity index (χ3n) is 4.09. The highest BCUT2D eigenvalue weighted by molar-refractivity contribution is 7.20. The predicted molar refractivity (Wildman–Crippen MR) is 89.2 cm³/mol. The average Bonchev–Trinajstić information content (AvgIpc) is 2.38. The van der Waals surface area contributed by atoms with Gasteiger partial charge in [-0.05, 0) is 18.1 Å². The molecule has 0 spiro atoms. The van der Waals surface area contributed by atoms with Crippen LogP contribution in [0.15, 0.2) is 0 Å². The minimum Gasteiger partial charge on any atom is -0.167 e. The Morgan fingerprint density at radius 3 is 1.33 bits per heavy atom. The van der Waals surface area contributed by atoms with Crippen molar-refractivity contribution >= 4 is 18.5 Å². The van der Waals surface area contributed by atoms with Crippen molar-refractivity contribution in [1.82, 2.24) is 0 Å². The number of halogens is 1. The van der Waals surface area contributed by atoms with E-state index in [0.29, 0.717) is 0 Å². The van der Waals surface area contributed by atoms with Gasteiger partial charge in [0.25, 0.3) is 0 Å². The summed E-state index contributed by atoms with van der Waals surface area (Å²) in [6, 6.07) is 4.00. The molecular formula is C16H35ClSi. The normalized spacial score (nSPS) is 12.0. The molecule has 0 bridgehead atoms. The standard InChI is InChI=1S/C16H35ClSi/c1-4-7-9-11-13-15-18(17,6-3)16-14-12-10-8-5-2/h4-16H2,1-3H3. The van der Waals surface area contributed by atoms with E-state index in [9.17, 15) is 0 Å². The fraction of sp³-hybridized carbons (Fsp3) is 1.00. The van der Waals surface area contributed by atoms with E-state index in [1.807, 2.05) is 0 Å². The highest BCUT2D eigenvalue weighted by Gasteiger charge is 2.27. The zero-order valence-corrected chi connectivity index (χ0v) is 14.8. The minimum absolute atomic E-state index is 1.27. The van der Waals surface area contributed by atoms with Crippen LogP contribution in [-0.4, -0.2) is 7.38 Å². The molecule has 0 aliphatic carbocycles. The van der Waals surface area contributed by atoms with E-state index in [2.05, 4.69) is 20.8 Å². The highest BCUT2D eigenvalue weighted by Crippen LogP contribution is 2.30. The summed E-state index contributed by atoms with van der Waals surface area (Å²) in [6.07, 6.45) is 13.9. The Hall–Kier alpha value is 0.507. The molecule has 0 nitrogen and oxygen atoms in total. The molecule has 18 heavy (non-hydrogen) atoms. The average molecular weight is 291 g/mol. The van der Waals surface area contributed by atoms with Crippen LogP contribution in [0.1, 0.15) is 85.0 Å². The van der Waals surface area contributed by atoms with Gasteiger partial charge in [0, 0.05) is 0 Å². The highest BCUT2D eigenvalue weighted by atomic mass is 35.6. The Labute approximate surface area is 122 Å². The molecule has 0 aromatic heterocycles. The van der Waals surface area contributed by atoms with Crippen LogP contribution >= 0.6 is 11.1 Å². The van der Waals surface area contributed by atoms with Crippen LogP contribution in [0.3, 0.4) is 0 Å². The molecule has 0 aliphatic rings. The summed E-state index contributed by atoms with van der Waals surface area (Å²) in [7, 11) is -1.37. The molecule has 0 rings (SSSR count). The summed E-state index contributed by atoms with van der Waals surface area (Å²) in [5.74, 6) is 0. The first kappa shape index (κ1) is 18.5. The van der Waals surface area contributed by atoms with Crippen molar-refractivity contribution in [1.29, 1.82) is 0 Å². The zero-order valence-electron chi connectivity index (χ0n) is 13.1. The van der Waals surface area contributed by atoms with Crippen LogP contribution in [-0.2, 0) is 0 Å². The molecule has 0 unspecified atom stereocenters. The molecule has 0 atom stereocenters. The second-order valence-electron chi connectivity index (χ2n) is 5.83. The van der Waals surface area contributed by atoms with E-state index in [-0.39, 0.29) is 0 Å². The first-order valence-electron chi connectivity index (χ1n) is 8.37. The van der Waals surface area contributed by atoms with Crippen LogP contribution in [0.4, 0.5) is 0 Å². The Morgan fingerprint density at radius 2 is 1.00 bits per heavy atom. The van der Waals surface area contributed by atoms with Crippen molar-refractivity contribution in [2.45, 2.75) is 103 Å². The van der Waals surface area contributed by atoms with E-state index in [0.717, 1.165) is 0 Å². The van der Waals surface area contributed by atoms with Crippen LogP contribution in [0.2, 0.25) is 18.1 Å². The minimum atomic E-state index is -1.37. The lowest BCUT2D eigenvalue weighted by Crippen LogP contribution is -2.25. The van der Waals surface area contributed by atoms with Crippen molar-refractivity contribution in [3.8, 4) is 0 Å². The first-order chi connectivity index (χ1) is 8.68. The number of unbranched alkanes of at least 4 members (excludes halogenated alkanes) is 8. The molecule has 0 amide bonds. The van der Waals surface area contributed by atoms with Gasteiger partial charge in [-0.1, -0.05) is 85.0 Å². The maximum absolute atomic E-state index is 6.89. The lowest BCUT2D eigenvalue weighted by atomic mass is 10.2. The zero-order chi connectivity index (χ0) is 13.7. The van der Waals surface area contributed by atoms with E-state index in [1.165, 1.54) is 82.3 Å². The molecule has 0 N–H and O–H groups in total. The van der Waals surface area contributed by atoms with Gasteiger partial charge in [0.05, 0.1) is 0 Å². The smallest absolute Gasteiger partial charge is 0.156 e. The molecule has 0 fully saturated rings. The Bertz CT molecular complexity index is 156. The van der Waals surface area contributed by atoms with E-state index >= 15 is 0 Å². The molecule has 0 saturated heterocycles. The van der Waals surface area contributed by atoms with Crippen molar-refractivity contribution in [3.05, 3.63) is 0 Å². The summed E-state index contributed by atoms with van der Waals surface area (Å²) in [5, 5.41) is 0. The van der Waals surface area contributed by atoms with Crippen LogP contribution < -0.4 is 0 Å². The number of rotatable bonds is 13. The van der Waals surface area contributed by atoms with Gasteiger partial charge in [-0.3, -0.25) is 0 Å². The molecule has 0 aromatic carbocycles. The summed E-state index contributed by atoms with van der Waals surface area (Å²) in [5.41, 5.74) is 0. The third kappa shape index (κ3) is 10.4. The number of hydrogen-bond donors (Lipinski definition) is 0. The molecule has 0 radical (unpaired) electrons. The van der Waals surface area contributed by atoms with Crippen LogP contribution in [0, 0.1) is 0 Å². The summed E-state index contributed by atoms with van der Waals surface area (Å²) in [6.45, 7) is 6.88. The summed E-state index contributed by atoms with van der Waals surface area (Å²) < 4.78 is 0. The Morgan fingerprint density at radius 1 is 0.611 bits per heavy atom. The van der Waals surface area contributed by atoms with Crippen LogP contribution in [0.25, 0.3) is 0 Å². The fourth-order valence-electron chi connectivity index (χ4n) is 2.57. The Balaban J connectivity index is 3.60. The van der Waals surface area contributed by atoms with Gasteiger partial charge < -0.3 is 0 Å². The number of hydrogen-bond acceptors (Lipinski definition) is 0. The lowest BCUT2D eigenvalue weighted by Gasteiger charge is -2.22. The summed E-state index contributed by atoms with van der Waals surface area (Å²) in [4.78, 5) is 0. The second-order valence-corrected chi connectivity index (χ2v) is 12.2. The molecule has 0 aliphatic heterocycles.